The molecule has 2 heterocycles. The summed E-state index contributed by atoms with van der Waals surface area (Å²) >= 11 is 6.29. The Kier molecular flexibility index (Phi) is 2.74. The molecule has 1 saturated heterocycles. The molecular formula is C13H14ClNO4. The van der Waals surface area contributed by atoms with Crippen LogP contribution in [-0.4, -0.2) is 19.5 Å². The van der Waals surface area contributed by atoms with Gasteiger partial charge in [0.2, 0.25) is 6.79 Å². The maximum atomic E-state index is 11.4. The first kappa shape index (κ1) is 12.4. The minimum atomic E-state index is -0.432. The van der Waals surface area contributed by atoms with Crippen LogP contribution in [0.25, 0.3) is 0 Å². The summed E-state index contributed by atoms with van der Waals surface area (Å²) in [6.45, 7) is 4.56. The predicted octanol–water partition coefficient (Wildman–Crippen LogP) is 2.88. The van der Waals surface area contributed by atoms with Crippen molar-refractivity contribution < 1.29 is 19.0 Å². The molecule has 0 radical (unpaired) electrons. The van der Waals surface area contributed by atoms with Gasteiger partial charge in [-0.3, -0.25) is 0 Å². The largest absolute Gasteiger partial charge is 0.454 e. The summed E-state index contributed by atoms with van der Waals surface area (Å²) in [6.07, 6.45) is -0.432. The Morgan fingerprint density at radius 3 is 2.68 bits per heavy atom. The van der Waals surface area contributed by atoms with Crippen molar-refractivity contribution >= 4 is 17.7 Å². The summed E-state index contributed by atoms with van der Waals surface area (Å²) in [7, 11) is 0. The second-order valence-electron chi connectivity index (χ2n) is 5.37. The maximum absolute atomic E-state index is 11.4. The molecular weight excluding hydrogens is 270 g/mol. The molecule has 1 amide bonds. The average molecular weight is 284 g/mol. The highest BCUT2D eigenvalue weighted by Gasteiger charge is 2.39. The molecule has 19 heavy (non-hydrogen) atoms. The van der Waals surface area contributed by atoms with E-state index in [1.807, 2.05) is 19.9 Å². The third-order valence-electron chi connectivity index (χ3n) is 3.42. The fourth-order valence-corrected chi connectivity index (χ4v) is 2.61. The molecule has 1 N–H and O–H groups in total. The van der Waals surface area contributed by atoms with Crippen molar-refractivity contribution in [3.8, 4) is 11.5 Å². The van der Waals surface area contributed by atoms with E-state index >= 15 is 0 Å². The Hall–Kier alpha value is -1.62. The minimum absolute atomic E-state index is 0.193. The number of carbonyl (C=O) groups is 1. The standard InChI is InChI=1S/C13H14ClNO4/c1-13(2)5-17-12(16)15-11(13)7-3-9-10(4-8(7)14)19-6-18-9/h3-4,11H,5-6H2,1-2H3,(H,15,16)/t11-/m1/s1. The first-order valence-electron chi connectivity index (χ1n) is 6.00. The van der Waals surface area contributed by atoms with Gasteiger partial charge in [0.25, 0.3) is 0 Å². The number of nitrogens with one attached hydrogen (secondary N) is 1. The van der Waals surface area contributed by atoms with E-state index in [4.69, 9.17) is 25.8 Å². The van der Waals surface area contributed by atoms with E-state index < -0.39 is 6.09 Å². The van der Waals surface area contributed by atoms with Crippen molar-refractivity contribution in [3.05, 3.63) is 22.7 Å². The van der Waals surface area contributed by atoms with E-state index in [0.717, 1.165) is 5.56 Å². The van der Waals surface area contributed by atoms with Crippen LogP contribution < -0.4 is 14.8 Å². The Morgan fingerprint density at radius 1 is 1.26 bits per heavy atom. The molecule has 0 bridgehead atoms. The molecule has 0 spiro atoms. The number of cyclic esters (lactones) is 1. The number of halogens is 1. The molecule has 0 aromatic heterocycles. The average Bonchev–Trinajstić information content (AvgIpc) is 2.78. The van der Waals surface area contributed by atoms with Crippen molar-refractivity contribution in [1.82, 2.24) is 5.32 Å². The molecule has 5 nitrogen and oxygen atoms in total. The number of fused-ring (bicyclic) bond motifs is 1. The van der Waals surface area contributed by atoms with Crippen molar-refractivity contribution in [2.45, 2.75) is 19.9 Å². The number of hydrogen-bond acceptors (Lipinski definition) is 4. The van der Waals surface area contributed by atoms with E-state index in [2.05, 4.69) is 5.32 Å². The molecule has 1 fully saturated rings. The van der Waals surface area contributed by atoms with E-state index in [-0.39, 0.29) is 18.2 Å². The fourth-order valence-electron chi connectivity index (χ4n) is 2.34. The molecule has 2 aliphatic heterocycles. The molecule has 2 aliphatic rings. The van der Waals surface area contributed by atoms with Crippen LogP contribution in [0, 0.1) is 5.41 Å². The number of amides is 1. The van der Waals surface area contributed by atoms with Crippen molar-refractivity contribution in [2.75, 3.05) is 13.4 Å². The lowest BCUT2D eigenvalue weighted by Gasteiger charge is -2.38. The monoisotopic (exact) mass is 283 g/mol. The highest BCUT2D eigenvalue weighted by molar-refractivity contribution is 6.31. The molecule has 6 heteroatoms. The SMILES string of the molecule is CC1(C)COC(=O)N[C@@H]1c1cc2c(cc1Cl)OCO2. The normalized spacial score (nSPS) is 23.7. The summed E-state index contributed by atoms with van der Waals surface area (Å²) < 4.78 is 15.7. The molecule has 1 atom stereocenters. The van der Waals surface area contributed by atoms with E-state index in [1.165, 1.54) is 0 Å². The Balaban J connectivity index is 2.03. The molecule has 0 saturated carbocycles. The molecule has 0 unspecified atom stereocenters. The second kappa shape index (κ2) is 4.20. The third-order valence-corrected chi connectivity index (χ3v) is 3.75. The first-order valence-corrected chi connectivity index (χ1v) is 6.37. The van der Waals surface area contributed by atoms with Crippen LogP contribution in [0.4, 0.5) is 4.79 Å². The van der Waals surface area contributed by atoms with Gasteiger partial charge in [-0.1, -0.05) is 25.4 Å². The maximum Gasteiger partial charge on any atom is 0.407 e. The number of alkyl carbamates (subject to hydrolysis) is 1. The van der Waals surface area contributed by atoms with Gasteiger partial charge < -0.3 is 19.5 Å². The van der Waals surface area contributed by atoms with E-state index in [1.54, 1.807) is 6.07 Å². The van der Waals surface area contributed by atoms with E-state index in [9.17, 15) is 4.79 Å². The zero-order valence-electron chi connectivity index (χ0n) is 10.7. The van der Waals surface area contributed by atoms with Gasteiger partial charge in [-0.2, -0.15) is 0 Å². The van der Waals surface area contributed by atoms with Crippen LogP contribution in [0.2, 0.25) is 5.02 Å². The number of hydrogen-bond donors (Lipinski definition) is 1. The summed E-state index contributed by atoms with van der Waals surface area (Å²) in [4.78, 5) is 11.4. The van der Waals surface area contributed by atoms with Gasteiger partial charge in [-0.15, -0.1) is 0 Å². The van der Waals surface area contributed by atoms with Crippen LogP contribution in [0.3, 0.4) is 0 Å². The quantitative estimate of drug-likeness (QED) is 0.861. The fraction of sp³-hybridized carbons (Fsp3) is 0.462. The van der Waals surface area contributed by atoms with Gasteiger partial charge in [0.05, 0.1) is 6.04 Å². The van der Waals surface area contributed by atoms with Crippen molar-refractivity contribution in [3.63, 3.8) is 0 Å². The number of carbonyl (C=O) groups excluding carboxylic acids is 1. The zero-order valence-corrected chi connectivity index (χ0v) is 11.4. The lowest BCUT2D eigenvalue weighted by molar-refractivity contribution is 0.0387. The van der Waals surface area contributed by atoms with Gasteiger partial charge in [0.15, 0.2) is 11.5 Å². The predicted molar refractivity (Wildman–Crippen MR) is 68.6 cm³/mol. The highest BCUT2D eigenvalue weighted by Crippen LogP contribution is 2.44. The first-order chi connectivity index (χ1) is 8.97. The van der Waals surface area contributed by atoms with Crippen molar-refractivity contribution in [2.24, 2.45) is 5.41 Å². The topological polar surface area (TPSA) is 56.8 Å². The van der Waals surface area contributed by atoms with Gasteiger partial charge in [-0.05, 0) is 11.6 Å². The molecule has 0 aliphatic carbocycles. The molecule has 102 valence electrons. The van der Waals surface area contributed by atoms with Crippen LogP contribution in [0.5, 0.6) is 11.5 Å². The Labute approximate surface area is 115 Å². The second-order valence-corrected chi connectivity index (χ2v) is 5.78. The van der Waals surface area contributed by atoms with Crippen LogP contribution in [-0.2, 0) is 4.74 Å². The van der Waals surface area contributed by atoms with Gasteiger partial charge in [-0.25, -0.2) is 4.79 Å². The van der Waals surface area contributed by atoms with Crippen LogP contribution >= 0.6 is 11.6 Å². The highest BCUT2D eigenvalue weighted by atomic mass is 35.5. The summed E-state index contributed by atoms with van der Waals surface area (Å²) in [6, 6.07) is 3.32. The Bertz CT molecular complexity index is 544. The summed E-state index contributed by atoms with van der Waals surface area (Å²) in [5.41, 5.74) is 0.554. The number of benzene rings is 1. The molecule has 1 aromatic carbocycles. The summed E-state index contributed by atoms with van der Waals surface area (Å²) in [5.74, 6) is 1.28. The van der Waals surface area contributed by atoms with Gasteiger partial charge >= 0.3 is 6.09 Å². The van der Waals surface area contributed by atoms with E-state index in [0.29, 0.717) is 23.1 Å². The van der Waals surface area contributed by atoms with Crippen molar-refractivity contribution in [1.29, 1.82) is 0 Å². The van der Waals surface area contributed by atoms with Gasteiger partial charge in [0, 0.05) is 16.5 Å². The zero-order chi connectivity index (χ0) is 13.6. The minimum Gasteiger partial charge on any atom is -0.454 e. The van der Waals surface area contributed by atoms with Crippen LogP contribution in [0.15, 0.2) is 12.1 Å². The van der Waals surface area contributed by atoms with Gasteiger partial charge in [0.1, 0.15) is 6.61 Å². The Morgan fingerprint density at radius 2 is 1.95 bits per heavy atom. The lowest BCUT2D eigenvalue weighted by atomic mass is 9.80. The van der Waals surface area contributed by atoms with Crippen LogP contribution in [0.1, 0.15) is 25.5 Å². The molecule has 1 aromatic rings. The lowest BCUT2D eigenvalue weighted by Crippen LogP contribution is -2.47. The third kappa shape index (κ3) is 2.08. The number of ether oxygens (including phenoxy) is 3. The molecule has 3 rings (SSSR count). The number of rotatable bonds is 1. The summed E-state index contributed by atoms with van der Waals surface area (Å²) in [5, 5.41) is 3.36. The smallest absolute Gasteiger partial charge is 0.407 e.